The molecule has 2 rings (SSSR count). The first-order valence-electron chi connectivity index (χ1n) is 7.78. The number of carbonyl (C=O) groups excluding carboxylic acids is 1. The van der Waals surface area contributed by atoms with Crippen molar-refractivity contribution in [3.05, 3.63) is 28.8 Å². The van der Waals surface area contributed by atoms with Gasteiger partial charge in [-0.15, -0.1) is 0 Å². The van der Waals surface area contributed by atoms with Crippen LogP contribution in [0.25, 0.3) is 0 Å². The van der Waals surface area contributed by atoms with Crippen molar-refractivity contribution in [1.82, 2.24) is 0 Å². The molecule has 0 spiro atoms. The van der Waals surface area contributed by atoms with E-state index >= 15 is 0 Å². The van der Waals surface area contributed by atoms with Crippen molar-refractivity contribution in [2.45, 2.75) is 52.1 Å². The Morgan fingerprint density at radius 2 is 1.90 bits per heavy atom. The lowest BCUT2D eigenvalue weighted by molar-refractivity contribution is -0.156. The minimum Gasteiger partial charge on any atom is -0.508 e. The molecule has 0 amide bonds. The molecule has 1 aromatic carbocycles. The molecule has 0 saturated carbocycles. The summed E-state index contributed by atoms with van der Waals surface area (Å²) in [6.45, 7) is 4.50. The van der Waals surface area contributed by atoms with E-state index in [9.17, 15) is 9.90 Å². The zero-order valence-corrected chi connectivity index (χ0v) is 12.9. The van der Waals surface area contributed by atoms with Gasteiger partial charge in [0.1, 0.15) is 5.75 Å². The molecular formula is C17H24O4. The zero-order valence-electron chi connectivity index (χ0n) is 12.9. The van der Waals surface area contributed by atoms with Crippen LogP contribution in [0, 0.1) is 0 Å². The average Bonchev–Trinajstić information content (AvgIpc) is 2.50. The van der Waals surface area contributed by atoms with Crippen LogP contribution in [0.4, 0.5) is 0 Å². The Labute approximate surface area is 126 Å². The lowest BCUT2D eigenvalue weighted by Gasteiger charge is -2.23. The lowest BCUT2D eigenvalue weighted by atomic mass is 9.86. The quantitative estimate of drug-likeness (QED) is 0.819. The maximum Gasteiger partial charge on any atom is 0.335 e. The minimum absolute atomic E-state index is 0.308. The summed E-state index contributed by atoms with van der Waals surface area (Å²) in [6.07, 6.45) is 4.05. The van der Waals surface area contributed by atoms with Gasteiger partial charge in [0.05, 0.1) is 6.61 Å². The highest BCUT2D eigenvalue weighted by Crippen LogP contribution is 2.32. The van der Waals surface area contributed by atoms with Crippen molar-refractivity contribution in [2.75, 3.05) is 13.2 Å². The fraction of sp³-hybridized carbons (Fsp3) is 0.588. The number of rotatable bonds is 6. The van der Waals surface area contributed by atoms with Crippen LogP contribution in [0.2, 0.25) is 0 Å². The molecule has 0 aromatic heterocycles. The summed E-state index contributed by atoms with van der Waals surface area (Å²) in [4.78, 5) is 12.0. The number of phenolic OH excluding ortho intramolecular Hbond substituents is 1. The molecule has 0 aliphatic heterocycles. The molecule has 0 radical (unpaired) electrons. The lowest BCUT2D eigenvalue weighted by Crippen LogP contribution is -2.29. The van der Waals surface area contributed by atoms with Gasteiger partial charge in [0.2, 0.25) is 0 Å². The van der Waals surface area contributed by atoms with Gasteiger partial charge in [-0.25, -0.2) is 4.79 Å². The van der Waals surface area contributed by atoms with Crippen LogP contribution < -0.4 is 0 Å². The Kier molecular flexibility index (Phi) is 5.62. The maximum atomic E-state index is 12.0. The van der Waals surface area contributed by atoms with Crippen molar-refractivity contribution in [1.29, 1.82) is 0 Å². The van der Waals surface area contributed by atoms with Crippen molar-refractivity contribution in [3.8, 4) is 5.75 Å². The van der Waals surface area contributed by atoms with Gasteiger partial charge in [-0.1, -0.05) is 6.07 Å². The van der Waals surface area contributed by atoms with Crippen LogP contribution in [0.5, 0.6) is 5.75 Å². The summed E-state index contributed by atoms with van der Waals surface area (Å²) < 4.78 is 10.6. The third-order valence-electron chi connectivity index (χ3n) is 3.93. The molecule has 1 N–H and O–H groups in total. The number of fused-ring (bicyclic) bond motifs is 1. The molecule has 0 bridgehead atoms. The number of carbonyl (C=O) groups is 1. The normalized spacial score (nSPS) is 15.3. The maximum absolute atomic E-state index is 12.0. The smallest absolute Gasteiger partial charge is 0.335 e. The van der Waals surface area contributed by atoms with Gasteiger partial charge in [0.15, 0.2) is 6.10 Å². The molecule has 4 nitrogen and oxygen atoms in total. The number of phenols is 1. The highest BCUT2D eigenvalue weighted by Gasteiger charge is 2.24. The first kappa shape index (κ1) is 15.8. The Hall–Kier alpha value is -1.55. The number of benzene rings is 1. The van der Waals surface area contributed by atoms with E-state index < -0.39 is 6.10 Å². The largest absolute Gasteiger partial charge is 0.508 e. The molecule has 1 atom stereocenters. The molecule has 1 aliphatic rings. The number of hydrogen-bond donors (Lipinski definition) is 1. The zero-order chi connectivity index (χ0) is 15.2. The van der Waals surface area contributed by atoms with Crippen LogP contribution in [-0.4, -0.2) is 30.4 Å². The predicted octanol–water partition coefficient (Wildman–Crippen LogP) is 2.78. The average molecular weight is 292 g/mol. The van der Waals surface area contributed by atoms with Gasteiger partial charge in [-0.05, 0) is 62.3 Å². The second kappa shape index (κ2) is 7.46. The molecule has 4 heteroatoms. The Bertz CT molecular complexity index is 496. The second-order valence-corrected chi connectivity index (χ2v) is 5.31. The molecule has 21 heavy (non-hydrogen) atoms. The van der Waals surface area contributed by atoms with E-state index in [1.165, 1.54) is 5.56 Å². The summed E-state index contributed by atoms with van der Waals surface area (Å²) in [5.41, 5.74) is 3.32. The summed E-state index contributed by atoms with van der Waals surface area (Å²) in [5.74, 6) is 0.0644. The van der Waals surface area contributed by atoms with E-state index in [1.54, 1.807) is 13.0 Å². The van der Waals surface area contributed by atoms with Crippen LogP contribution >= 0.6 is 0 Å². The van der Waals surface area contributed by atoms with Gasteiger partial charge >= 0.3 is 5.97 Å². The second-order valence-electron chi connectivity index (χ2n) is 5.31. The van der Waals surface area contributed by atoms with Gasteiger partial charge < -0.3 is 14.6 Å². The highest BCUT2D eigenvalue weighted by atomic mass is 16.6. The first-order valence-corrected chi connectivity index (χ1v) is 7.78. The summed E-state index contributed by atoms with van der Waals surface area (Å²) in [7, 11) is 0. The topological polar surface area (TPSA) is 55.8 Å². The molecule has 0 heterocycles. The van der Waals surface area contributed by atoms with Crippen LogP contribution in [0.15, 0.2) is 12.1 Å². The van der Waals surface area contributed by atoms with Gasteiger partial charge in [-0.3, -0.25) is 0 Å². The van der Waals surface area contributed by atoms with Gasteiger partial charge in [0.25, 0.3) is 0 Å². The van der Waals surface area contributed by atoms with Crippen molar-refractivity contribution in [2.24, 2.45) is 0 Å². The van der Waals surface area contributed by atoms with Gasteiger partial charge in [-0.2, -0.15) is 0 Å². The Morgan fingerprint density at radius 3 is 2.57 bits per heavy atom. The predicted molar refractivity (Wildman–Crippen MR) is 80.5 cm³/mol. The summed E-state index contributed by atoms with van der Waals surface area (Å²) in [6, 6.07) is 3.64. The molecule has 116 valence electrons. The fourth-order valence-electron chi connectivity index (χ4n) is 2.96. The SMILES string of the molecule is CCOC(=O)C(Cc1ccc(O)c2c1CCCC2)OCC. The van der Waals surface area contributed by atoms with E-state index in [1.807, 2.05) is 13.0 Å². The van der Waals surface area contributed by atoms with E-state index in [-0.39, 0.29) is 5.97 Å². The minimum atomic E-state index is -0.564. The van der Waals surface area contributed by atoms with Crippen LogP contribution in [0.3, 0.4) is 0 Å². The van der Waals surface area contributed by atoms with Crippen LogP contribution in [0.1, 0.15) is 43.4 Å². The number of aromatic hydroxyl groups is 1. The molecular weight excluding hydrogens is 268 g/mol. The Balaban J connectivity index is 2.22. The third kappa shape index (κ3) is 3.76. The third-order valence-corrected chi connectivity index (χ3v) is 3.93. The monoisotopic (exact) mass is 292 g/mol. The highest BCUT2D eigenvalue weighted by molar-refractivity contribution is 5.75. The first-order chi connectivity index (χ1) is 10.2. The summed E-state index contributed by atoms with van der Waals surface area (Å²) >= 11 is 0. The van der Waals surface area contributed by atoms with Gasteiger partial charge in [0, 0.05) is 13.0 Å². The number of ether oxygens (including phenoxy) is 2. The standard InChI is InChI=1S/C17H24O4/c1-3-20-16(17(19)21-4-2)11-12-9-10-15(18)14-8-6-5-7-13(12)14/h9-10,16,18H,3-8,11H2,1-2H3. The molecule has 1 aromatic rings. The summed E-state index contributed by atoms with van der Waals surface area (Å²) in [5, 5.41) is 9.99. The van der Waals surface area contributed by atoms with E-state index in [0.29, 0.717) is 25.4 Å². The number of hydrogen-bond acceptors (Lipinski definition) is 4. The van der Waals surface area contributed by atoms with E-state index in [0.717, 1.165) is 36.8 Å². The van der Waals surface area contributed by atoms with Crippen molar-refractivity contribution >= 4 is 5.97 Å². The van der Waals surface area contributed by atoms with Crippen LogP contribution in [-0.2, 0) is 33.5 Å². The van der Waals surface area contributed by atoms with E-state index in [2.05, 4.69) is 0 Å². The fourth-order valence-corrected chi connectivity index (χ4v) is 2.96. The van der Waals surface area contributed by atoms with Crippen molar-refractivity contribution < 1.29 is 19.4 Å². The van der Waals surface area contributed by atoms with E-state index in [4.69, 9.17) is 9.47 Å². The molecule has 1 aliphatic carbocycles. The van der Waals surface area contributed by atoms with Crippen molar-refractivity contribution in [3.63, 3.8) is 0 Å². The molecule has 1 unspecified atom stereocenters. The molecule has 0 saturated heterocycles. The molecule has 0 fully saturated rings. The number of esters is 1. The Morgan fingerprint density at radius 1 is 1.19 bits per heavy atom.